The van der Waals surface area contributed by atoms with Gasteiger partial charge in [-0.15, -0.1) is 0 Å². The van der Waals surface area contributed by atoms with E-state index in [0.717, 1.165) is 16.7 Å². The summed E-state index contributed by atoms with van der Waals surface area (Å²) in [5.41, 5.74) is 4.72. The van der Waals surface area contributed by atoms with Crippen molar-refractivity contribution in [2.45, 2.75) is 45.1 Å². The molecule has 3 atom stereocenters. The number of methoxy groups -OCH3 is 2. The second-order valence-electron chi connectivity index (χ2n) is 10.9. The van der Waals surface area contributed by atoms with E-state index < -0.39 is 17.8 Å². The molecule has 3 aromatic rings. The third-order valence-corrected chi connectivity index (χ3v) is 8.16. The van der Waals surface area contributed by atoms with Gasteiger partial charge < -0.3 is 23.7 Å². The highest BCUT2D eigenvalue weighted by atomic mass is 16.6. The van der Waals surface area contributed by atoms with Crippen molar-refractivity contribution in [2.24, 2.45) is 10.9 Å². The first-order valence-electron chi connectivity index (χ1n) is 15.0. The molecular formula is C36H39NO7. The van der Waals surface area contributed by atoms with Gasteiger partial charge in [-0.2, -0.15) is 0 Å². The number of benzene rings is 3. The van der Waals surface area contributed by atoms with Crippen LogP contribution in [0.15, 0.2) is 89.1 Å². The minimum absolute atomic E-state index is 0.0324. The minimum atomic E-state index is -0.749. The highest BCUT2D eigenvalue weighted by molar-refractivity contribution is 6.09. The van der Waals surface area contributed by atoms with Crippen LogP contribution in [0.4, 0.5) is 0 Å². The van der Waals surface area contributed by atoms with E-state index in [-0.39, 0.29) is 24.7 Å². The van der Waals surface area contributed by atoms with Crippen LogP contribution in [-0.2, 0) is 25.7 Å². The van der Waals surface area contributed by atoms with Crippen LogP contribution < -0.4 is 14.2 Å². The molecule has 1 unspecified atom stereocenters. The van der Waals surface area contributed by atoms with Crippen LogP contribution >= 0.6 is 0 Å². The normalized spacial score (nSPS) is 19.6. The molecule has 2 aliphatic rings. The first-order chi connectivity index (χ1) is 21.4. The molecule has 0 aromatic heterocycles. The Labute approximate surface area is 258 Å². The van der Waals surface area contributed by atoms with Crippen molar-refractivity contribution in [3.63, 3.8) is 0 Å². The Morgan fingerprint density at radius 1 is 0.886 bits per heavy atom. The van der Waals surface area contributed by atoms with Crippen molar-refractivity contribution < 1.29 is 33.3 Å². The molecule has 0 saturated carbocycles. The van der Waals surface area contributed by atoms with Crippen molar-refractivity contribution in [1.29, 1.82) is 0 Å². The number of allylic oxidation sites excluding steroid dienone is 2. The second kappa shape index (κ2) is 14.4. The van der Waals surface area contributed by atoms with Crippen LogP contribution in [0.1, 0.15) is 55.2 Å². The molecular weight excluding hydrogens is 558 g/mol. The lowest BCUT2D eigenvalue weighted by Crippen LogP contribution is -2.38. The van der Waals surface area contributed by atoms with Crippen LogP contribution in [0.5, 0.6) is 17.2 Å². The fourth-order valence-electron chi connectivity index (χ4n) is 6.04. The maximum absolute atomic E-state index is 14.1. The first-order valence-corrected chi connectivity index (χ1v) is 15.0. The Morgan fingerprint density at radius 3 is 2.43 bits per heavy atom. The van der Waals surface area contributed by atoms with Gasteiger partial charge in [0.2, 0.25) is 0 Å². The van der Waals surface area contributed by atoms with Gasteiger partial charge >= 0.3 is 5.97 Å². The Bertz CT molecular complexity index is 1550. The predicted molar refractivity (Wildman–Crippen MR) is 168 cm³/mol. The fourth-order valence-corrected chi connectivity index (χ4v) is 6.04. The topological polar surface area (TPSA) is 92.7 Å². The van der Waals surface area contributed by atoms with E-state index in [1.165, 1.54) is 0 Å². The third-order valence-electron chi connectivity index (χ3n) is 8.16. The smallest absolute Gasteiger partial charge is 0.315 e. The summed E-state index contributed by atoms with van der Waals surface area (Å²) in [6.45, 7) is 5.10. The first kappa shape index (κ1) is 31.0. The fraction of sp³-hybridized carbons (Fsp3) is 0.361. The summed E-state index contributed by atoms with van der Waals surface area (Å²) in [6, 6.07) is 23.3. The molecule has 3 aromatic carbocycles. The van der Waals surface area contributed by atoms with E-state index in [1.807, 2.05) is 86.6 Å². The molecule has 8 heteroatoms. The van der Waals surface area contributed by atoms with E-state index in [9.17, 15) is 9.59 Å². The molecule has 1 heterocycles. The van der Waals surface area contributed by atoms with E-state index in [4.69, 9.17) is 28.7 Å². The number of carbonyl (C=O) groups is 2. The van der Waals surface area contributed by atoms with Gasteiger partial charge in [0.15, 0.2) is 17.3 Å². The molecule has 44 heavy (non-hydrogen) atoms. The monoisotopic (exact) mass is 597 g/mol. The molecule has 0 amide bonds. The number of hydrogen-bond donors (Lipinski definition) is 0. The summed E-state index contributed by atoms with van der Waals surface area (Å²) in [5, 5.41) is 0. The Balaban J connectivity index is 1.49. The number of hydrogen-bond acceptors (Lipinski definition) is 8. The average molecular weight is 598 g/mol. The molecule has 0 saturated heterocycles. The lowest BCUT2D eigenvalue weighted by Gasteiger charge is -2.36. The number of ether oxygens (including phenoxy) is 5. The average Bonchev–Trinajstić information content (AvgIpc) is 3.05. The zero-order valence-electron chi connectivity index (χ0n) is 25.7. The number of rotatable bonds is 12. The van der Waals surface area contributed by atoms with Crippen LogP contribution in [0.3, 0.4) is 0 Å². The maximum Gasteiger partial charge on any atom is 0.315 e. The number of Topliss-reactive ketones (excluding diaryl/α,β-unsaturated/α-hetero) is 1. The van der Waals surface area contributed by atoms with Crippen molar-refractivity contribution in [2.75, 3.05) is 34.0 Å². The summed E-state index contributed by atoms with van der Waals surface area (Å²) < 4.78 is 28.1. The molecule has 1 aliphatic carbocycles. The zero-order valence-corrected chi connectivity index (χ0v) is 25.7. The number of aliphatic imine (C=N–C) groups is 1. The lowest BCUT2D eigenvalue weighted by atomic mass is 9.69. The van der Waals surface area contributed by atoms with Gasteiger partial charge in [0, 0.05) is 35.9 Å². The molecule has 5 rings (SSSR count). The van der Waals surface area contributed by atoms with E-state index >= 15 is 0 Å². The van der Waals surface area contributed by atoms with Crippen molar-refractivity contribution in [1.82, 2.24) is 0 Å². The highest BCUT2D eigenvalue weighted by Crippen LogP contribution is 2.48. The Kier molecular flexibility index (Phi) is 10.1. The van der Waals surface area contributed by atoms with Crippen LogP contribution in [0.25, 0.3) is 0 Å². The summed E-state index contributed by atoms with van der Waals surface area (Å²) in [5.74, 6) is 0.0492. The Morgan fingerprint density at radius 2 is 1.68 bits per heavy atom. The van der Waals surface area contributed by atoms with Gasteiger partial charge in [0.1, 0.15) is 24.9 Å². The molecule has 8 nitrogen and oxygen atoms in total. The quantitative estimate of drug-likeness (QED) is 0.175. The van der Waals surface area contributed by atoms with Gasteiger partial charge in [0.25, 0.3) is 0 Å². The number of nitrogens with zero attached hydrogens (tertiary/aromatic N) is 1. The van der Waals surface area contributed by atoms with Gasteiger partial charge in [0.05, 0.1) is 20.8 Å². The minimum Gasteiger partial charge on any atom is -0.493 e. The van der Waals surface area contributed by atoms with Gasteiger partial charge in [-0.3, -0.25) is 14.6 Å². The van der Waals surface area contributed by atoms with Crippen molar-refractivity contribution >= 4 is 17.5 Å². The van der Waals surface area contributed by atoms with Gasteiger partial charge in [-0.1, -0.05) is 48.5 Å². The van der Waals surface area contributed by atoms with E-state index in [1.54, 1.807) is 14.2 Å². The van der Waals surface area contributed by atoms with Gasteiger partial charge in [-0.25, -0.2) is 0 Å². The molecule has 0 radical (unpaired) electrons. The summed E-state index contributed by atoms with van der Waals surface area (Å²) >= 11 is 0. The standard InChI is InChI=1S/C36H39NO7/c1-5-42-16-17-43-36(39)33-23(2)37-29-19-27(25-14-15-31(40-3)32(21-25)41-4)20-30(38)35(29)34(33)26-12-9-13-28(18-26)44-22-24-10-7-6-8-11-24/h6-15,18,21,27,33-34H,5,16-17,19-20,22H2,1-4H3/t27-,33?,34+/m1/s1. The van der Waals surface area contributed by atoms with Crippen molar-refractivity contribution in [3.05, 3.63) is 101 Å². The third kappa shape index (κ3) is 6.86. The summed E-state index contributed by atoms with van der Waals surface area (Å²) in [6.07, 6.45) is 0.844. The number of carbonyl (C=O) groups excluding carboxylic acids is 2. The summed E-state index contributed by atoms with van der Waals surface area (Å²) in [4.78, 5) is 32.5. The molecule has 230 valence electrons. The SMILES string of the molecule is CCOCCOC(=O)C1C(C)=NC2=C(C(=O)C[C@H](c3ccc(OC)c(OC)c3)C2)[C@H]1c1cccc(OCc2ccccc2)c1. The highest BCUT2D eigenvalue weighted by Gasteiger charge is 2.45. The maximum atomic E-state index is 14.1. The number of ketones is 1. The van der Waals surface area contributed by atoms with Crippen LogP contribution in [0, 0.1) is 5.92 Å². The molecule has 0 fully saturated rings. The zero-order chi connectivity index (χ0) is 31.1. The van der Waals surface area contributed by atoms with E-state index in [2.05, 4.69) is 0 Å². The lowest BCUT2D eigenvalue weighted by molar-refractivity contribution is -0.148. The van der Waals surface area contributed by atoms with Crippen LogP contribution in [-0.4, -0.2) is 51.5 Å². The molecule has 0 N–H and O–H groups in total. The Hall–Kier alpha value is -4.43. The molecule has 0 spiro atoms. The summed E-state index contributed by atoms with van der Waals surface area (Å²) in [7, 11) is 3.19. The van der Waals surface area contributed by atoms with Crippen molar-refractivity contribution in [3.8, 4) is 17.2 Å². The molecule has 0 bridgehead atoms. The number of esters is 1. The van der Waals surface area contributed by atoms with Crippen LogP contribution in [0.2, 0.25) is 0 Å². The largest absolute Gasteiger partial charge is 0.493 e. The van der Waals surface area contributed by atoms with Gasteiger partial charge in [-0.05, 0) is 67.1 Å². The predicted octanol–water partition coefficient (Wildman–Crippen LogP) is 6.44. The molecule has 1 aliphatic heterocycles. The van der Waals surface area contributed by atoms with E-state index in [0.29, 0.717) is 60.5 Å². The second-order valence-corrected chi connectivity index (χ2v) is 10.9.